The van der Waals surface area contributed by atoms with Crippen molar-refractivity contribution < 1.29 is 9.84 Å². The number of nitrogens with zero attached hydrogens (tertiary/aromatic N) is 1. The van der Waals surface area contributed by atoms with E-state index in [1.54, 1.807) is 13.0 Å². The second-order valence-electron chi connectivity index (χ2n) is 5.23. The molecule has 0 heterocycles. The van der Waals surface area contributed by atoms with E-state index in [-0.39, 0.29) is 12.0 Å². The minimum atomic E-state index is -0.538. The van der Waals surface area contributed by atoms with Crippen molar-refractivity contribution >= 4 is 0 Å². The minimum Gasteiger partial charge on any atom is -0.490 e. The molecule has 0 spiro atoms. The highest BCUT2D eigenvalue weighted by molar-refractivity contribution is 5.46. The van der Waals surface area contributed by atoms with Crippen LogP contribution in [0, 0.1) is 11.3 Å². The molecule has 0 saturated heterocycles. The van der Waals surface area contributed by atoms with Crippen LogP contribution in [0.1, 0.15) is 38.8 Å². The Labute approximate surface area is 103 Å². The zero-order valence-electron chi connectivity index (χ0n) is 10.8. The zero-order chi connectivity index (χ0) is 13.1. The molecule has 1 aromatic carbocycles. The maximum Gasteiger partial charge on any atom is 0.137 e. The molecule has 1 rings (SSSR count). The summed E-state index contributed by atoms with van der Waals surface area (Å²) < 4.78 is 5.38. The molecule has 0 radical (unpaired) electrons. The van der Waals surface area contributed by atoms with Gasteiger partial charge in [-0.3, -0.25) is 0 Å². The second kappa shape index (κ2) is 5.20. The molecule has 1 aromatic rings. The van der Waals surface area contributed by atoms with Crippen LogP contribution in [0.3, 0.4) is 0 Å². The summed E-state index contributed by atoms with van der Waals surface area (Å²) in [6, 6.07) is 7.72. The van der Waals surface area contributed by atoms with Crippen LogP contribution in [0.4, 0.5) is 0 Å². The van der Waals surface area contributed by atoms with Crippen LogP contribution in [0.15, 0.2) is 18.2 Å². The van der Waals surface area contributed by atoms with Crippen LogP contribution >= 0.6 is 0 Å². The van der Waals surface area contributed by atoms with Crippen molar-refractivity contribution in [3.63, 3.8) is 0 Å². The van der Waals surface area contributed by atoms with Gasteiger partial charge in [-0.05, 0) is 30.0 Å². The van der Waals surface area contributed by atoms with E-state index in [1.165, 1.54) is 0 Å². The first-order valence-corrected chi connectivity index (χ1v) is 5.70. The molecule has 0 amide bonds. The molecular weight excluding hydrogens is 214 g/mol. The van der Waals surface area contributed by atoms with E-state index in [2.05, 4.69) is 26.8 Å². The molecule has 3 nitrogen and oxygen atoms in total. The van der Waals surface area contributed by atoms with Gasteiger partial charge in [0.1, 0.15) is 18.4 Å². The predicted octanol–water partition coefficient (Wildman–Crippen LogP) is 2.62. The topological polar surface area (TPSA) is 53.2 Å². The zero-order valence-corrected chi connectivity index (χ0v) is 10.8. The summed E-state index contributed by atoms with van der Waals surface area (Å²) >= 11 is 0. The minimum absolute atomic E-state index is 0.00833. The molecule has 1 atom stereocenters. The van der Waals surface area contributed by atoms with Gasteiger partial charge >= 0.3 is 0 Å². The summed E-state index contributed by atoms with van der Waals surface area (Å²) in [5.41, 5.74) is 1.62. The molecule has 0 fully saturated rings. The molecule has 0 aliphatic rings. The van der Waals surface area contributed by atoms with Crippen LogP contribution in [0.25, 0.3) is 0 Å². The Morgan fingerprint density at radius 2 is 2.06 bits per heavy atom. The maximum atomic E-state index is 9.15. The molecule has 92 valence electrons. The van der Waals surface area contributed by atoms with Crippen LogP contribution in [-0.4, -0.2) is 17.8 Å². The largest absolute Gasteiger partial charge is 0.490 e. The Hall–Kier alpha value is -1.53. The Morgan fingerprint density at radius 3 is 2.53 bits per heavy atom. The van der Waals surface area contributed by atoms with E-state index in [0.29, 0.717) is 11.3 Å². The van der Waals surface area contributed by atoms with E-state index < -0.39 is 6.10 Å². The van der Waals surface area contributed by atoms with Crippen LogP contribution in [0.5, 0.6) is 5.75 Å². The summed E-state index contributed by atoms with van der Waals surface area (Å²) in [5, 5.41) is 18.2. The summed E-state index contributed by atoms with van der Waals surface area (Å²) in [4.78, 5) is 0. The number of rotatable bonds is 3. The predicted molar refractivity (Wildman–Crippen MR) is 67.0 cm³/mol. The molecule has 0 saturated carbocycles. The lowest BCUT2D eigenvalue weighted by molar-refractivity contribution is 0.122. The molecule has 0 aliphatic heterocycles. The first-order chi connectivity index (χ1) is 7.84. The van der Waals surface area contributed by atoms with E-state index >= 15 is 0 Å². The third-order valence-electron chi connectivity index (χ3n) is 2.45. The van der Waals surface area contributed by atoms with Gasteiger partial charge in [-0.2, -0.15) is 5.26 Å². The van der Waals surface area contributed by atoms with Gasteiger partial charge < -0.3 is 9.84 Å². The Kier molecular flexibility index (Phi) is 4.14. The van der Waals surface area contributed by atoms with Crippen molar-refractivity contribution in [3.8, 4) is 11.8 Å². The van der Waals surface area contributed by atoms with Gasteiger partial charge in [0.05, 0.1) is 11.7 Å². The molecule has 3 heteroatoms. The van der Waals surface area contributed by atoms with Crippen molar-refractivity contribution in [1.82, 2.24) is 0 Å². The standard InChI is InChI=1S/C14H19NO2/c1-10(16)9-17-13-6-5-12(14(2,3)4)7-11(13)8-15/h5-7,10,16H,9H2,1-4H3. The number of aliphatic hydroxyl groups excluding tert-OH is 1. The number of hydrogen-bond donors (Lipinski definition) is 1. The average molecular weight is 233 g/mol. The third-order valence-corrected chi connectivity index (χ3v) is 2.45. The lowest BCUT2D eigenvalue weighted by atomic mass is 9.86. The highest BCUT2D eigenvalue weighted by Crippen LogP contribution is 2.27. The fraction of sp³-hybridized carbons (Fsp3) is 0.500. The fourth-order valence-electron chi connectivity index (χ4n) is 1.42. The maximum absolute atomic E-state index is 9.15. The van der Waals surface area contributed by atoms with Gasteiger partial charge in [-0.25, -0.2) is 0 Å². The van der Waals surface area contributed by atoms with E-state index in [0.717, 1.165) is 5.56 Å². The number of nitriles is 1. The number of aliphatic hydroxyl groups is 1. The van der Waals surface area contributed by atoms with Crippen molar-refractivity contribution in [3.05, 3.63) is 29.3 Å². The highest BCUT2D eigenvalue weighted by atomic mass is 16.5. The van der Waals surface area contributed by atoms with Gasteiger partial charge in [-0.1, -0.05) is 26.8 Å². The van der Waals surface area contributed by atoms with E-state index in [9.17, 15) is 0 Å². The second-order valence-corrected chi connectivity index (χ2v) is 5.23. The fourth-order valence-corrected chi connectivity index (χ4v) is 1.42. The summed E-state index contributed by atoms with van der Waals surface area (Å²) in [6.45, 7) is 8.14. The van der Waals surface area contributed by atoms with Crippen molar-refractivity contribution in [2.45, 2.75) is 39.2 Å². The van der Waals surface area contributed by atoms with Crippen molar-refractivity contribution in [2.24, 2.45) is 0 Å². The summed E-state index contributed by atoms with van der Waals surface area (Å²) in [6.07, 6.45) is -0.538. The molecule has 1 unspecified atom stereocenters. The Bertz CT molecular complexity index is 425. The van der Waals surface area contributed by atoms with Gasteiger partial charge in [0, 0.05) is 0 Å². The van der Waals surface area contributed by atoms with Gasteiger partial charge in [0.25, 0.3) is 0 Å². The molecular formula is C14H19NO2. The number of benzene rings is 1. The molecule has 1 N–H and O–H groups in total. The summed E-state index contributed by atoms with van der Waals surface area (Å²) in [7, 11) is 0. The van der Waals surface area contributed by atoms with Crippen LogP contribution in [-0.2, 0) is 5.41 Å². The van der Waals surface area contributed by atoms with Crippen LogP contribution in [0.2, 0.25) is 0 Å². The van der Waals surface area contributed by atoms with Crippen molar-refractivity contribution in [2.75, 3.05) is 6.61 Å². The SMILES string of the molecule is CC(O)COc1ccc(C(C)(C)C)cc1C#N. The monoisotopic (exact) mass is 233 g/mol. The quantitative estimate of drug-likeness (QED) is 0.873. The van der Waals surface area contributed by atoms with Crippen molar-refractivity contribution in [1.29, 1.82) is 5.26 Å². The Morgan fingerprint density at radius 1 is 1.41 bits per heavy atom. The van der Waals surface area contributed by atoms with Crippen LogP contribution < -0.4 is 4.74 Å². The summed E-state index contributed by atoms with van der Waals surface area (Å²) in [5.74, 6) is 0.529. The first kappa shape index (κ1) is 13.5. The number of hydrogen-bond acceptors (Lipinski definition) is 3. The lowest BCUT2D eigenvalue weighted by Gasteiger charge is -2.20. The number of ether oxygens (including phenoxy) is 1. The van der Waals surface area contributed by atoms with Gasteiger partial charge in [0.2, 0.25) is 0 Å². The lowest BCUT2D eigenvalue weighted by Crippen LogP contribution is -2.14. The molecule has 0 aliphatic carbocycles. The Balaban J connectivity index is 2.99. The van der Waals surface area contributed by atoms with Gasteiger partial charge in [-0.15, -0.1) is 0 Å². The normalized spacial score (nSPS) is 12.9. The molecule has 17 heavy (non-hydrogen) atoms. The first-order valence-electron chi connectivity index (χ1n) is 5.70. The van der Waals surface area contributed by atoms with E-state index in [1.807, 2.05) is 12.1 Å². The molecule has 0 aromatic heterocycles. The molecule has 0 bridgehead atoms. The van der Waals surface area contributed by atoms with Gasteiger partial charge in [0.15, 0.2) is 0 Å². The smallest absolute Gasteiger partial charge is 0.137 e. The third kappa shape index (κ3) is 3.76. The highest BCUT2D eigenvalue weighted by Gasteiger charge is 2.16. The average Bonchev–Trinajstić information content (AvgIpc) is 2.24. The van der Waals surface area contributed by atoms with E-state index in [4.69, 9.17) is 15.1 Å².